The molecule has 0 spiro atoms. The monoisotopic (exact) mass is 388 g/mol. The number of aromatic nitrogens is 2. The van der Waals surface area contributed by atoms with E-state index in [1.165, 1.54) is 22.5 Å². The third kappa shape index (κ3) is 4.50. The minimum Gasteiger partial charge on any atom is -0.368 e. The van der Waals surface area contributed by atoms with Crippen molar-refractivity contribution in [1.29, 1.82) is 0 Å². The normalized spacial score (nSPS) is 14.7. The van der Waals surface area contributed by atoms with Gasteiger partial charge in [0, 0.05) is 43.0 Å². The van der Waals surface area contributed by atoms with Gasteiger partial charge in [0.1, 0.15) is 6.54 Å². The molecule has 1 aromatic carbocycles. The van der Waals surface area contributed by atoms with Crippen LogP contribution < -0.4 is 10.5 Å². The molecule has 0 atom stereocenters. The third-order valence-corrected chi connectivity index (χ3v) is 5.18. The predicted octanol–water partition coefficient (Wildman–Crippen LogP) is 2.68. The van der Waals surface area contributed by atoms with Crippen molar-refractivity contribution in [3.8, 4) is 0 Å². The van der Waals surface area contributed by atoms with Crippen LogP contribution in [0.1, 0.15) is 31.0 Å². The molecule has 1 saturated heterocycles. The molecule has 2 aromatic rings. The van der Waals surface area contributed by atoms with Crippen molar-refractivity contribution in [2.24, 2.45) is 0 Å². The summed E-state index contributed by atoms with van der Waals surface area (Å²) in [6, 6.07) is 7.37. The van der Waals surface area contributed by atoms with Gasteiger partial charge in [0.15, 0.2) is 0 Å². The summed E-state index contributed by atoms with van der Waals surface area (Å²) < 4.78 is 1.38. The van der Waals surface area contributed by atoms with Gasteiger partial charge in [-0.25, -0.2) is 4.98 Å². The summed E-state index contributed by atoms with van der Waals surface area (Å²) >= 11 is 6.12. The maximum Gasteiger partial charge on any atom is 0.254 e. The third-order valence-electron chi connectivity index (χ3n) is 4.94. The Bertz CT molecular complexity index is 886. The number of aryl methyl sites for hydroxylation is 1. The molecular weight excluding hydrogens is 364 g/mol. The molecule has 7 heteroatoms. The summed E-state index contributed by atoms with van der Waals surface area (Å²) in [6.07, 6.45) is 1.47. The van der Waals surface area contributed by atoms with Gasteiger partial charge in [0.2, 0.25) is 5.91 Å². The fourth-order valence-corrected chi connectivity index (χ4v) is 3.41. The number of hydrogen-bond donors (Lipinski definition) is 0. The molecule has 1 aliphatic heterocycles. The van der Waals surface area contributed by atoms with E-state index >= 15 is 0 Å². The first-order chi connectivity index (χ1) is 12.8. The highest BCUT2D eigenvalue weighted by Crippen LogP contribution is 2.25. The molecule has 0 unspecified atom stereocenters. The number of benzene rings is 1. The maximum atomic E-state index is 12.6. The van der Waals surface area contributed by atoms with Crippen LogP contribution in [-0.2, 0) is 11.3 Å². The van der Waals surface area contributed by atoms with Crippen LogP contribution in [0.25, 0.3) is 0 Å². The predicted molar refractivity (Wildman–Crippen MR) is 108 cm³/mol. The first kappa shape index (κ1) is 19.4. The lowest BCUT2D eigenvalue weighted by Gasteiger charge is -2.37. The highest BCUT2D eigenvalue weighted by Gasteiger charge is 2.22. The zero-order valence-corrected chi connectivity index (χ0v) is 16.7. The summed E-state index contributed by atoms with van der Waals surface area (Å²) in [5, 5.41) is 0.714. The number of carbonyl (C=O) groups is 1. The van der Waals surface area contributed by atoms with E-state index in [2.05, 4.69) is 16.8 Å². The second kappa shape index (κ2) is 8.13. The van der Waals surface area contributed by atoms with E-state index in [0.29, 0.717) is 18.1 Å². The van der Waals surface area contributed by atoms with Crippen LogP contribution in [0.3, 0.4) is 0 Å². The number of anilines is 1. The van der Waals surface area contributed by atoms with E-state index < -0.39 is 0 Å². The highest BCUT2D eigenvalue weighted by molar-refractivity contribution is 6.30. The molecule has 0 saturated carbocycles. The van der Waals surface area contributed by atoms with Crippen LogP contribution in [0.4, 0.5) is 5.69 Å². The van der Waals surface area contributed by atoms with Crippen molar-refractivity contribution in [1.82, 2.24) is 14.5 Å². The van der Waals surface area contributed by atoms with Gasteiger partial charge in [-0.15, -0.1) is 0 Å². The Labute approximate surface area is 164 Å². The Hall–Kier alpha value is -2.34. The van der Waals surface area contributed by atoms with Gasteiger partial charge in [-0.05, 0) is 30.5 Å². The van der Waals surface area contributed by atoms with Crippen molar-refractivity contribution in [2.45, 2.75) is 33.2 Å². The van der Waals surface area contributed by atoms with Gasteiger partial charge < -0.3 is 9.80 Å². The Kier molecular flexibility index (Phi) is 5.85. The second-order valence-corrected chi connectivity index (χ2v) is 7.67. The maximum absolute atomic E-state index is 12.6. The van der Waals surface area contributed by atoms with Crippen molar-refractivity contribution in [2.75, 3.05) is 31.1 Å². The summed E-state index contributed by atoms with van der Waals surface area (Å²) in [6.45, 7) is 8.79. The molecule has 0 bridgehead atoms. The summed E-state index contributed by atoms with van der Waals surface area (Å²) in [7, 11) is 0. The molecule has 2 heterocycles. The lowest BCUT2D eigenvalue weighted by atomic mass is 10.1. The Morgan fingerprint density at radius 2 is 1.89 bits per heavy atom. The fraction of sp³-hybridized carbons (Fsp3) is 0.450. The lowest BCUT2D eigenvalue weighted by Crippen LogP contribution is -2.50. The molecule has 0 aliphatic carbocycles. The Morgan fingerprint density at radius 1 is 1.19 bits per heavy atom. The standard InChI is InChI=1S/C20H25ClN4O2/c1-14(2)17-11-19(26)25(13-22-17)12-20(27)24-8-6-23(7-9-24)18-10-16(21)5-4-15(18)3/h4-5,10-11,13-14H,6-9,12H2,1-3H3. The van der Waals surface area contributed by atoms with E-state index in [-0.39, 0.29) is 23.9 Å². The van der Waals surface area contributed by atoms with Gasteiger partial charge in [-0.1, -0.05) is 31.5 Å². The van der Waals surface area contributed by atoms with Gasteiger partial charge in [-0.2, -0.15) is 0 Å². The van der Waals surface area contributed by atoms with Gasteiger partial charge in [0.25, 0.3) is 5.56 Å². The van der Waals surface area contributed by atoms with Crippen LogP contribution >= 0.6 is 11.6 Å². The zero-order valence-electron chi connectivity index (χ0n) is 16.0. The van der Waals surface area contributed by atoms with E-state index in [1.807, 2.05) is 32.0 Å². The van der Waals surface area contributed by atoms with Crippen LogP contribution in [0.5, 0.6) is 0 Å². The molecule has 1 amide bonds. The zero-order chi connectivity index (χ0) is 19.6. The van der Waals surface area contributed by atoms with Crippen LogP contribution in [-0.4, -0.2) is 46.5 Å². The molecule has 1 aromatic heterocycles. The smallest absolute Gasteiger partial charge is 0.254 e. The minimum atomic E-state index is -0.185. The number of nitrogens with zero attached hydrogens (tertiary/aromatic N) is 4. The number of halogens is 1. The van der Waals surface area contributed by atoms with E-state index in [9.17, 15) is 9.59 Å². The number of hydrogen-bond acceptors (Lipinski definition) is 4. The molecular formula is C20H25ClN4O2. The molecule has 27 heavy (non-hydrogen) atoms. The van der Waals surface area contributed by atoms with E-state index in [1.54, 1.807) is 4.90 Å². The lowest BCUT2D eigenvalue weighted by molar-refractivity contribution is -0.132. The average molecular weight is 389 g/mol. The Morgan fingerprint density at radius 3 is 2.52 bits per heavy atom. The first-order valence-electron chi connectivity index (χ1n) is 9.20. The van der Waals surface area contributed by atoms with Gasteiger partial charge in [0.05, 0.1) is 12.0 Å². The molecule has 3 rings (SSSR count). The highest BCUT2D eigenvalue weighted by atomic mass is 35.5. The summed E-state index contributed by atoms with van der Waals surface area (Å²) in [5.41, 5.74) is 2.84. The summed E-state index contributed by atoms with van der Waals surface area (Å²) in [5.74, 6) is 0.129. The van der Waals surface area contributed by atoms with Gasteiger partial charge >= 0.3 is 0 Å². The van der Waals surface area contributed by atoms with Crippen LogP contribution in [0.15, 0.2) is 35.4 Å². The quantitative estimate of drug-likeness (QED) is 0.808. The largest absolute Gasteiger partial charge is 0.368 e. The molecule has 1 aliphatic rings. The van der Waals surface area contributed by atoms with Gasteiger partial charge in [-0.3, -0.25) is 14.2 Å². The van der Waals surface area contributed by atoms with Crippen LogP contribution in [0, 0.1) is 6.92 Å². The second-order valence-electron chi connectivity index (χ2n) is 7.23. The van der Waals surface area contributed by atoms with E-state index in [4.69, 9.17) is 11.6 Å². The minimum absolute atomic E-state index is 0.0282. The number of piperazine rings is 1. The Balaban J connectivity index is 1.62. The number of rotatable bonds is 4. The topological polar surface area (TPSA) is 58.4 Å². The van der Waals surface area contributed by atoms with Crippen LogP contribution in [0.2, 0.25) is 5.02 Å². The molecule has 6 nitrogen and oxygen atoms in total. The first-order valence-corrected chi connectivity index (χ1v) is 9.58. The van der Waals surface area contributed by atoms with Crippen molar-refractivity contribution in [3.63, 3.8) is 0 Å². The molecule has 0 radical (unpaired) electrons. The average Bonchev–Trinajstić information content (AvgIpc) is 2.65. The molecule has 0 N–H and O–H groups in total. The fourth-order valence-electron chi connectivity index (χ4n) is 3.24. The van der Waals surface area contributed by atoms with Crippen molar-refractivity contribution in [3.05, 3.63) is 57.2 Å². The van der Waals surface area contributed by atoms with E-state index in [0.717, 1.165) is 24.5 Å². The van der Waals surface area contributed by atoms with Crippen molar-refractivity contribution < 1.29 is 4.79 Å². The number of carbonyl (C=O) groups excluding carboxylic acids is 1. The molecule has 144 valence electrons. The SMILES string of the molecule is Cc1ccc(Cl)cc1N1CCN(C(=O)Cn2cnc(C(C)C)cc2=O)CC1. The molecule has 1 fully saturated rings. The number of amides is 1. The van der Waals surface area contributed by atoms with Crippen molar-refractivity contribution >= 4 is 23.2 Å². The summed E-state index contributed by atoms with van der Waals surface area (Å²) in [4.78, 5) is 33.1.